The molecule has 3 nitrogen and oxygen atoms in total. The van der Waals surface area contributed by atoms with Crippen molar-refractivity contribution in [3.8, 4) is 5.75 Å². The van der Waals surface area contributed by atoms with Gasteiger partial charge in [-0.15, -0.1) is 9.24 Å². The third-order valence-corrected chi connectivity index (χ3v) is 4.36. The zero-order valence-electron chi connectivity index (χ0n) is 13.9. The molecule has 0 spiro atoms. The van der Waals surface area contributed by atoms with E-state index < -0.39 is 0 Å². The molecule has 2 aromatic carbocycles. The van der Waals surface area contributed by atoms with Crippen LogP contribution < -0.4 is 21.1 Å². The Morgan fingerprint density at radius 3 is 2.56 bits per heavy atom. The summed E-state index contributed by atoms with van der Waals surface area (Å²) in [5.41, 5.74) is 2.19. The zero-order chi connectivity index (χ0) is 17.8. The molecule has 0 bridgehead atoms. The van der Waals surface area contributed by atoms with Gasteiger partial charge in [0, 0.05) is 11.7 Å². The van der Waals surface area contributed by atoms with Gasteiger partial charge in [-0.1, -0.05) is 36.4 Å². The molecule has 0 aliphatic rings. The Balaban J connectivity index is 1.75. The van der Waals surface area contributed by atoms with Gasteiger partial charge in [0.05, 0.1) is 6.54 Å². The molecular weight excluding hydrogens is 335 g/mol. The van der Waals surface area contributed by atoms with Gasteiger partial charge in [-0.3, -0.25) is 4.79 Å². The maximum atomic E-state index is 13.3. The number of hydrogen-bond donors (Lipinski definition) is 0. The van der Waals surface area contributed by atoms with Crippen LogP contribution in [0, 0.1) is 5.82 Å². The Morgan fingerprint density at radius 1 is 1.08 bits per heavy atom. The molecule has 6 heteroatoms. The molecule has 1 unspecified atom stereocenters. The second-order valence-electron chi connectivity index (χ2n) is 5.90. The van der Waals surface area contributed by atoms with Gasteiger partial charge in [0.15, 0.2) is 7.85 Å². The minimum atomic E-state index is -0.307. The Labute approximate surface area is 149 Å². The van der Waals surface area contributed by atoms with E-state index in [-0.39, 0.29) is 11.4 Å². The summed E-state index contributed by atoms with van der Waals surface area (Å²) in [7, 11) is 4.38. The van der Waals surface area contributed by atoms with E-state index in [9.17, 15) is 9.18 Å². The first-order valence-corrected chi connectivity index (χ1v) is 8.52. The van der Waals surface area contributed by atoms with E-state index in [2.05, 4.69) is 9.24 Å². The van der Waals surface area contributed by atoms with E-state index in [1.165, 1.54) is 12.1 Å². The average Bonchev–Trinajstić information content (AvgIpc) is 2.60. The number of benzene rings is 2. The first-order chi connectivity index (χ1) is 12.0. The normalized spacial score (nSPS) is 10.6. The summed E-state index contributed by atoms with van der Waals surface area (Å²) in [6, 6.07) is 16.0. The van der Waals surface area contributed by atoms with Crippen LogP contribution in [0.1, 0.15) is 11.1 Å². The van der Waals surface area contributed by atoms with Crippen LogP contribution in [0.4, 0.5) is 4.39 Å². The first-order valence-electron chi connectivity index (χ1n) is 7.94. The molecule has 0 radical (unpaired) electrons. The minimum Gasteiger partial charge on any atom is -0.489 e. The highest BCUT2D eigenvalue weighted by Gasteiger charge is 2.08. The summed E-state index contributed by atoms with van der Waals surface area (Å²) in [5.74, 6) is 0.258. The third kappa shape index (κ3) is 4.37. The highest BCUT2D eigenvalue weighted by molar-refractivity contribution is 7.27. The second-order valence-corrected chi connectivity index (χ2v) is 6.56. The summed E-state index contributed by atoms with van der Waals surface area (Å²) in [6.07, 6.45) is 1.68. The van der Waals surface area contributed by atoms with Crippen LogP contribution in [0.15, 0.2) is 65.6 Å². The molecule has 1 atom stereocenters. The standard InChI is InChI=1S/C19H18BFNO2P/c20-18-17(24-12-13-4-6-16(25)7-5-13)8-9-22(19(18)23)11-14-2-1-3-15(21)10-14/h1-10H,11-12,20,25H2. The number of nitrogens with zero attached hydrogens (tertiary/aromatic N) is 1. The largest absolute Gasteiger partial charge is 0.489 e. The van der Waals surface area contributed by atoms with Crippen molar-refractivity contribution in [2.45, 2.75) is 13.2 Å². The molecule has 0 amide bonds. The van der Waals surface area contributed by atoms with Gasteiger partial charge in [-0.05, 0) is 34.6 Å². The van der Waals surface area contributed by atoms with Crippen molar-refractivity contribution in [2.24, 2.45) is 0 Å². The predicted molar refractivity (Wildman–Crippen MR) is 105 cm³/mol. The summed E-state index contributed by atoms with van der Waals surface area (Å²) < 4.78 is 20.6. The molecule has 25 heavy (non-hydrogen) atoms. The van der Waals surface area contributed by atoms with Crippen molar-refractivity contribution in [1.29, 1.82) is 0 Å². The smallest absolute Gasteiger partial charge is 0.248 e. The molecule has 3 rings (SSSR count). The van der Waals surface area contributed by atoms with Crippen LogP contribution in [0.3, 0.4) is 0 Å². The van der Waals surface area contributed by atoms with Crippen LogP contribution in [0.25, 0.3) is 0 Å². The van der Waals surface area contributed by atoms with Gasteiger partial charge in [0.1, 0.15) is 18.2 Å². The molecule has 1 aromatic heterocycles. The monoisotopic (exact) mass is 353 g/mol. The molecular formula is C19H18BFNO2P. The fraction of sp³-hybridized carbons (Fsp3) is 0.105. The second kappa shape index (κ2) is 7.67. The van der Waals surface area contributed by atoms with E-state index in [4.69, 9.17) is 4.74 Å². The quantitative estimate of drug-likeness (QED) is 0.513. The minimum absolute atomic E-state index is 0.137. The van der Waals surface area contributed by atoms with E-state index in [0.717, 1.165) is 16.4 Å². The number of hydrogen-bond acceptors (Lipinski definition) is 2. The SMILES string of the molecule is Bc1c(OCc2ccc(P)cc2)ccn(Cc2cccc(F)c2)c1=O. The molecule has 126 valence electrons. The highest BCUT2D eigenvalue weighted by Crippen LogP contribution is 2.09. The van der Waals surface area contributed by atoms with Crippen LogP contribution in [0.2, 0.25) is 0 Å². The zero-order valence-corrected chi connectivity index (χ0v) is 15.1. The van der Waals surface area contributed by atoms with E-state index in [1.807, 2.05) is 24.3 Å². The van der Waals surface area contributed by atoms with Gasteiger partial charge >= 0.3 is 0 Å². The van der Waals surface area contributed by atoms with Crippen LogP contribution in [-0.4, -0.2) is 12.4 Å². The fourth-order valence-electron chi connectivity index (χ4n) is 2.56. The predicted octanol–water partition coefficient (Wildman–Crippen LogP) is 1.37. The summed E-state index contributed by atoms with van der Waals surface area (Å²) in [5, 5.41) is 1.11. The van der Waals surface area contributed by atoms with E-state index in [1.54, 1.807) is 36.8 Å². The van der Waals surface area contributed by atoms with Gasteiger partial charge < -0.3 is 9.30 Å². The first kappa shape index (κ1) is 17.4. The van der Waals surface area contributed by atoms with Crippen molar-refractivity contribution in [3.63, 3.8) is 0 Å². The van der Waals surface area contributed by atoms with E-state index >= 15 is 0 Å². The molecule has 0 aliphatic carbocycles. The van der Waals surface area contributed by atoms with E-state index in [0.29, 0.717) is 24.4 Å². The van der Waals surface area contributed by atoms with Crippen LogP contribution in [0.5, 0.6) is 5.75 Å². The molecule has 0 saturated carbocycles. The lowest BCUT2D eigenvalue weighted by atomic mass is 9.97. The van der Waals surface area contributed by atoms with Gasteiger partial charge in [-0.2, -0.15) is 0 Å². The number of aromatic nitrogens is 1. The Morgan fingerprint density at radius 2 is 1.84 bits per heavy atom. The van der Waals surface area contributed by atoms with Crippen molar-refractivity contribution >= 4 is 27.9 Å². The molecule has 0 fully saturated rings. The van der Waals surface area contributed by atoms with Crippen LogP contribution >= 0.6 is 9.24 Å². The fourth-order valence-corrected chi connectivity index (χ4v) is 2.75. The number of halogens is 1. The number of pyridine rings is 1. The Kier molecular flexibility index (Phi) is 5.35. The van der Waals surface area contributed by atoms with Crippen molar-refractivity contribution in [3.05, 3.63) is 88.1 Å². The topological polar surface area (TPSA) is 31.2 Å². The maximum Gasteiger partial charge on any atom is 0.248 e. The lowest BCUT2D eigenvalue weighted by molar-refractivity contribution is 0.308. The van der Waals surface area contributed by atoms with Gasteiger partial charge in [-0.25, -0.2) is 4.39 Å². The average molecular weight is 353 g/mol. The van der Waals surface area contributed by atoms with Crippen molar-refractivity contribution in [2.75, 3.05) is 0 Å². The lowest BCUT2D eigenvalue weighted by Crippen LogP contribution is -2.35. The van der Waals surface area contributed by atoms with Gasteiger partial charge in [0.25, 0.3) is 0 Å². The Bertz CT molecular complexity index is 941. The molecule has 1 heterocycles. The van der Waals surface area contributed by atoms with Gasteiger partial charge in [0.2, 0.25) is 5.56 Å². The Hall–Kier alpha value is -2.39. The van der Waals surface area contributed by atoms with Crippen molar-refractivity contribution in [1.82, 2.24) is 4.57 Å². The summed E-state index contributed by atoms with van der Waals surface area (Å²) in [4.78, 5) is 12.5. The van der Waals surface area contributed by atoms with Crippen LogP contribution in [-0.2, 0) is 13.2 Å². The van der Waals surface area contributed by atoms with Crippen molar-refractivity contribution < 1.29 is 9.13 Å². The highest BCUT2D eigenvalue weighted by atomic mass is 31.0. The summed E-state index contributed by atoms with van der Waals surface area (Å²) in [6.45, 7) is 0.729. The number of rotatable bonds is 5. The molecule has 0 N–H and O–H groups in total. The summed E-state index contributed by atoms with van der Waals surface area (Å²) >= 11 is 0. The molecule has 0 aliphatic heterocycles. The third-order valence-electron chi connectivity index (χ3n) is 3.97. The molecule has 3 aromatic rings. The maximum absolute atomic E-state index is 13.3. The lowest BCUT2D eigenvalue weighted by Gasteiger charge is -2.12. The molecule has 0 saturated heterocycles. The number of ether oxygens (including phenoxy) is 1.